The maximum atomic E-state index is 12.6. The van der Waals surface area contributed by atoms with Gasteiger partial charge >= 0.3 is 0 Å². The first kappa shape index (κ1) is 22.0. The second kappa shape index (κ2) is 8.71. The minimum absolute atomic E-state index is 0.0708. The van der Waals surface area contributed by atoms with Gasteiger partial charge in [0.25, 0.3) is 5.91 Å². The average molecular weight is 513 g/mol. The number of aromatic nitrogens is 4. The summed E-state index contributed by atoms with van der Waals surface area (Å²) in [5.41, 5.74) is 6.11. The third-order valence-electron chi connectivity index (χ3n) is 5.79. The number of hydrogen-bond acceptors (Lipinski definition) is 8. The Kier molecular flexibility index (Phi) is 6.17. The van der Waals surface area contributed by atoms with E-state index >= 15 is 0 Å². The van der Waals surface area contributed by atoms with Gasteiger partial charge in [0.1, 0.15) is 11.5 Å². The monoisotopic (exact) mass is 512 g/mol. The molecule has 3 heterocycles. The Morgan fingerprint density at radius 1 is 1.23 bits per heavy atom. The Morgan fingerprint density at radius 3 is 2.55 bits per heavy atom. The summed E-state index contributed by atoms with van der Waals surface area (Å²) in [5, 5.41) is 10.2. The van der Waals surface area contributed by atoms with E-state index in [1.54, 1.807) is 17.5 Å². The lowest BCUT2D eigenvalue weighted by molar-refractivity contribution is 0.0992. The third kappa shape index (κ3) is 4.53. The molecule has 2 aromatic rings. The fourth-order valence-corrected chi connectivity index (χ4v) is 6.15. The van der Waals surface area contributed by atoms with Gasteiger partial charge in [0.15, 0.2) is 0 Å². The fourth-order valence-electron chi connectivity index (χ4n) is 3.79. The van der Waals surface area contributed by atoms with Crippen LogP contribution in [0.3, 0.4) is 0 Å². The summed E-state index contributed by atoms with van der Waals surface area (Å²) in [6, 6.07) is 0.0708. The molecule has 4 rings (SSSR count). The number of rotatable bonds is 7. The van der Waals surface area contributed by atoms with Crippen molar-refractivity contribution in [3.8, 4) is 0 Å². The molecule has 1 saturated carbocycles. The largest absolute Gasteiger partial charge is 0.364 e. The zero-order valence-electron chi connectivity index (χ0n) is 17.1. The Balaban J connectivity index is 1.41. The smallest absolute Gasteiger partial charge is 0.269 e. The van der Waals surface area contributed by atoms with E-state index in [0.717, 1.165) is 19.3 Å². The summed E-state index contributed by atoms with van der Waals surface area (Å²) < 4.78 is 28.8. The number of nitrogens with one attached hydrogen (secondary N) is 2. The minimum atomic E-state index is -3.17. The lowest BCUT2D eigenvalue weighted by Crippen LogP contribution is -2.47. The highest BCUT2D eigenvalue weighted by Crippen LogP contribution is 2.31. The Hall–Kier alpha value is -2.25. The highest BCUT2D eigenvalue weighted by molar-refractivity contribution is 9.10. The van der Waals surface area contributed by atoms with Crippen LogP contribution in [0.15, 0.2) is 16.9 Å². The van der Waals surface area contributed by atoms with Gasteiger partial charge in [0.05, 0.1) is 21.6 Å². The number of piperidine rings is 1. The van der Waals surface area contributed by atoms with Gasteiger partial charge in [0, 0.05) is 32.4 Å². The Labute approximate surface area is 189 Å². The number of nitrogens with zero attached hydrogens (tertiary/aromatic N) is 5. The molecule has 1 aliphatic carbocycles. The van der Waals surface area contributed by atoms with Crippen LogP contribution in [0.1, 0.15) is 42.6 Å². The van der Waals surface area contributed by atoms with E-state index < -0.39 is 15.9 Å². The summed E-state index contributed by atoms with van der Waals surface area (Å²) in [6.45, 7) is 0.992. The molecule has 0 bridgehead atoms. The number of primary amides is 1. The number of nitrogens with two attached hydrogens (primary N) is 1. The number of anilines is 3. The molecule has 0 atom stereocenters. The van der Waals surface area contributed by atoms with E-state index in [9.17, 15) is 13.2 Å². The van der Waals surface area contributed by atoms with Crippen molar-refractivity contribution >= 4 is 49.3 Å². The maximum absolute atomic E-state index is 12.6. The van der Waals surface area contributed by atoms with E-state index in [4.69, 9.17) is 5.73 Å². The van der Waals surface area contributed by atoms with Crippen molar-refractivity contribution in [2.75, 3.05) is 23.7 Å². The Morgan fingerprint density at radius 2 is 1.94 bits per heavy atom. The number of carbonyl (C=O) groups is 1. The zero-order chi connectivity index (χ0) is 22.2. The molecule has 2 aromatic heterocycles. The predicted molar refractivity (Wildman–Crippen MR) is 120 cm³/mol. The van der Waals surface area contributed by atoms with Crippen LogP contribution in [-0.4, -0.2) is 62.8 Å². The van der Waals surface area contributed by atoms with Gasteiger partial charge in [-0.25, -0.2) is 17.7 Å². The van der Waals surface area contributed by atoms with Gasteiger partial charge in [-0.05, 0) is 41.6 Å². The summed E-state index contributed by atoms with van der Waals surface area (Å²) >= 11 is 3.41. The zero-order valence-corrected chi connectivity index (χ0v) is 19.5. The number of amides is 1. The molecule has 4 N–H and O–H groups in total. The van der Waals surface area contributed by atoms with Crippen LogP contribution in [0.25, 0.3) is 0 Å². The first-order valence-corrected chi connectivity index (χ1v) is 12.4. The van der Waals surface area contributed by atoms with E-state index in [1.807, 2.05) is 0 Å². The van der Waals surface area contributed by atoms with Crippen molar-refractivity contribution in [3.63, 3.8) is 0 Å². The third-order valence-corrected chi connectivity index (χ3v) is 8.77. The summed E-state index contributed by atoms with van der Waals surface area (Å²) in [4.78, 5) is 20.5. The fraction of sp³-hybridized carbons (Fsp3) is 0.556. The van der Waals surface area contributed by atoms with Crippen LogP contribution < -0.4 is 16.4 Å². The van der Waals surface area contributed by atoms with Crippen LogP contribution >= 0.6 is 15.9 Å². The first-order valence-electron chi connectivity index (χ1n) is 10.1. The quantitative estimate of drug-likeness (QED) is 0.506. The van der Waals surface area contributed by atoms with Crippen molar-refractivity contribution in [1.29, 1.82) is 0 Å². The summed E-state index contributed by atoms with van der Waals surface area (Å²) in [7, 11) is -1.54. The second-order valence-corrected chi connectivity index (χ2v) is 10.9. The number of halogens is 1. The molecule has 0 aromatic carbocycles. The number of hydrogen-bond donors (Lipinski definition) is 3. The van der Waals surface area contributed by atoms with Crippen LogP contribution in [0, 0.1) is 0 Å². The van der Waals surface area contributed by atoms with E-state index in [-0.39, 0.29) is 17.0 Å². The van der Waals surface area contributed by atoms with Gasteiger partial charge in [-0.3, -0.25) is 9.48 Å². The van der Waals surface area contributed by atoms with Gasteiger partial charge in [-0.15, -0.1) is 0 Å². The van der Waals surface area contributed by atoms with Crippen molar-refractivity contribution in [3.05, 3.63) is 22.6 Å². The van der Waals surface area contributed by atoms with Crippen molar-refractivity contribution in [2.24, 2.45) is 12.8 Å². The molecule has 2 aliphatic rings. The van der Waals surface area contributed by atoms with E-state index in [2.05, 4.69) is 41.6 Å². The van der Waals surface area contributed by atoms with Crippen LogP contribution in [0.2, 0.25) is 0 Å². The normalized spacial score (nSPS) is 18.5. The molecule has 31 heavy (non-hydrogen) atoms. The number of aryl methyl sites for hydroxylation is 1. The van der Waals surface area contributed by atoms with Crippen molar-refractivity contribution in [1.82, 2.24) is 24.1 Å². The highest BCUT2D eigenvalue weighted by atomic mass is 79.9. The van der Waals surface area contributed by atoms with Crippen LogP contribution in [0.4, 0.5) is 17.5 Å². The SMILES string of the molecule is Cn1ncc(Nc2nc(NC3CCN(S(=O)(=O)C4CCC4)CC3)ncc2Br)c1C(N)=O. The lowest BCUT2D eigenvalue weighted by atomic mass is 10.0. The van der Waals surface area contributed by atoms with Gasteiger partial charge in [-0.1, -0.05) is 6.42 Å². The molecule has 11 nitrogen and oxygen atoms in total. The minimum Gasteiger partial charge on any atom is -0.364 e. The molecule has 168 valence electrons. The Bertz CT molecular complexity index is 1080. The van der Waals surface area contributed by atoms with Crippen molar-refractivity contribution < 1.29 is 13.2 Å². The molecular formula is C18H25BrN8O3S. The van der Waals surface area contributed by atoms with Crippen LogP contribution in [-0.2, 0) is 17.1 Å². The molecule has 2 fully saturated rings. The van der Waals surface area contributed by atoms with Gasteiger partial charge < -0.3 is 16.4 Å². The van der Waals surface area contributed by atoms with E-state index in [0.29, 0.717) is 47.9 Å². The number of sulfonamides is 1. The van der Waals surface area contributed by atoms with Crippen LogP contribution in [0.5, 0.6) is 0 Å². The van der Waals surface area contributed by atoms with E-state index in [1.165, 1.54) is 10.9 Å². The average Bonchev–Trinajstić information content (AvgIpc) is 3.03. The number of carbonyl (C=O) groups excluding carboxylic acids is 1. The maximum Gasteiger partial charge on any atom is 0.269 e. The topological polar surface area (TPSA) is 148 Å². The second-order valence-electron chi connectivity index (χ2n) is 7.83. The molecule has 0 radical (unpaired) electrons. The van der Waals surface area contributed by atoms with Gasteiger partial charge in [0.2, 0.25) is 16.0 Å². The summed E-state index contributed by atoms with van der Waals surface area (Å²) in [6.07, 6.45) is 7.02. The molecular weight excluding hydrogens is 488 g/mol. The molecule has 13 heteroatoms. The summed E-state index contributed by atoms with van der Waals surface area (Å²) in [5.74, 6) is 0.267. The highest BCUT2D eigenvalue weighted by Gasteiger charge is 2.37. The molecule has 0 unspecified atom stereocenters. The molecule has 1 saturated heterocycles. The first-order chi connectivity index (χ1) is 14.8. The standard InChI is InChI=1S/C18H25BrN8O3S/c1-26-15(16(20)28)14(10-22-26)24-17-13(19)9-21-18(25-17)23-11-5-7-27(8-6-11)31(29,30)12-3-2-4-12/h9-12H,2-8H2,1H3,(H2,20,28)(H2,21,23,24,25). The van der Waals surface area contributed by atoms with Gasteiger partial charge in [-0.2, -0.15) is 10.1 Å². The molecule has 1 amide bonds. The lowest BCUT2D eigenvalue weighted by Gasteiger charge is -2.36. The molecule has 0 spiro atoms. The van der Waals surface area contributed by atoms with Crippen molar-refractivity contribution in [2.45, 2.75) is 43.4 Å². The predicted octanol–water partition coefficient (Wildman–Crippen LogP) is 1.57. The molecule has 1 aliphatic heterocycles.